The smallest absolute Gasteiger partial charge is 0.248 e. The molecular weight excluding hydrogens is 378 g/mol. The molecule has 1 fully saturated rings. The molecule has 0 atom stereocenters. The molecule has 0 radical (unpaired) electrons. The quantitative estimate of drug-likeness (QED) is 0.737. The SMILES string of the molecule is Cc1ccc(CCCC(=O)N2CCN(S(=O)(=O)c3c(C)noc3C)CC2)cc1. The highest BCUT2D eigenvalue weighted by atomic mass is 32.2. The zero-order valence-corrected chi connectivity index (χ0v) is 17.5. The Balaban J connectivity index is 1.50. The number of rotatable bonds is 6. The standard InChI is InChI=1S/C20H27N3O4S/c1-15-7-9-18(10-8-15)5-4-6-19(24)22-11-13-23(14-12-22)28(25,26)20-16(2)21-27-17(20)3/h7-10H,4-6,11-14H2,1-3H3. The molecule has 8 heteroatoms. The van der Waals surface area contributed by atoms with Gasteiger partial charge >= 0.3 is 0 Å². The number of hydrogen-bond donors (Lipinski definition) is 0. The lowest BCUT2D eigenvalue weighted by molar-refractivity contribution is -0.132. The number of aryl methyl sites for hydroxylation is 4. The van der Waals surface area contributed by atoms with Crippen molar-refractivity contribution in [3.63, 3.8) is 0 Å². The number of aromatic nitrogens is 1. The van der Waals surface area contributed by atoms with E-state index in [1.807, 2.05) is 0 Å². The lowest BCUT2D eigenvalue weighted by Gasteiger charge is -2.34. The van der Waals surface area contributed by atoms with Gasteiger partial charge in [-0.15, -0.1) is 0 Å². The van der Waals surface area contributed by atoms with Crippen LogP contribution in [-0.4, -0.2) is 54.9 Å². The molecule has 3 rings (SSSR count). The van der Waals surface area contributed by atoms with Gasteiger partial charge in [0.15, 0.2) is 5.76 Å². The van der Waals surface area contributed by atoms with Crippen molar-refractivity contribution in [3.8, 4) is 0 Å². The van der Waals surface area contributed by atoms with Gasteiger partial charge in [-0.05, 0) is 39.2 Å². The molecule has 2 aromatic rings. The Kier molecular flexibility index (Phi) is 6.20. The predicted molar refractivity (Wildman–Crippen MR) is 105 cm³/mol. The Morgan fingerprint density at radius 1 is 1.07 bits per heavy atom. The molecule has 1 saturated heterocycles. The number of piperazine rings is 1. The molecule has 0 aliphatic carbocycles. The van der Waals surface area contributed by atoms with Gasteiger partial charge in [-0.3, -0.25) is 4.79 Å². The van der Waals surface area contributed by atoms with E-state index in [1.54, 1.807) is 18.7 Å². The number of amides is 1. The second-order valence-electron chi connectivity index (χ2n) is 7.28. The first-order valence-corrected chi connectivity index (χ1v) is 11.0. The van der Waals surface area contributed by atoms with Crippen LogP contribution in [0.5, 0.6) is 0 Å². The minimum Gasteiger partial charge on any atom is -0.360 e. The third-order valence-electron chi connectivity index (χ3n) is 5.13. The lowest BCUT2D eigenvalue weighted by Crippen LogP contribution is -2.50. The fourth-order valence-electron chi connectivity index (χ4n) is 3.51. The van der Waals surface area contributed by atoms with Crippen molar-refractivity contribution < 1.29 is 17.7 Å². The normalized spacial score (nSPS) is 15.8. The first kappa shape index (κ1) is 20.5. The predicted octanol–water partition coefficient (Wildman–Crippen LogP) is 2.46. The number of hydrogen-bond acceptors (Lipinski definition) is 5. The van der Waals surface area contributed by atoms with Gasteiger partial charge in [0.2, 0.25) is 15.9 Å². The monoisotopic (exact) mass is 405 g/mol. The molecular formula is C20H27N3O4S. The maximum absolute atomic E-state index is 12.8. The van der Waals surface area contributed by atoms with E-state index in [1.165, 1.54) is 15.4 Å². The van der Waals surface area contributed by atoms with Crippen LogP contribution in [0.4, 0.5) is 0 Å². The third kappa shape index (κ3) is 4.44. The van der Waals surface area contributed by atoms with Gasteiger partial charge in [0.1, 0.15) is 10.6 Å². The van der Waals surface area contributed by atoms with Crippen LogP contribution in [0.25, 0.3) is 0 Å². The first-order valence-electron chi connectivity index (χ1n) is 9.55. The molecule has 1 aliphatic rings. The minimum atomic E-state index is -3.65. The molecule has 1 aromatic heterocycles. The average Bonchev–Trinajstić information content (AvgIpc) is 3.02. The molecule has 0 N–H and O–H groups in total. The average molecular weight is 406 g/mol. The number of nitrogens with zero attached hydrogens (tertiary/aromatic N) is 3. The van der Waals surface area contributed by atoms with Gasteiger partial charge in [0.05, 0.1) is 0 Å². The van der Waals surface area contributed by atoms with Crippen molar-refractivity contribution in [2.45, 2.75) is 44.9 Å². The molecule has 2 heterocycles. The van der Waals surface area contributed by atoms with Crippen molar-refractivity contribution in [1.29, 1.82) is 0 Å². The summed E-state index contributed by atoms with van der Waals surface area (Å²) in [5, 5.41) is 3.74. The lowest BCUT2D eigenvalue weighted by atomic mass is 10.1. The van der Waals surface area contributed by atoms with Gasteiger partial charge in [-0.2, -0.15) is 4.31 Å². The third-order valence-corrected chi connectivity index (χ3v) is 7.28. The first-order chi connectivity index (χ1) is 13.3. The van der Waals surface area contributed by atoms with E-state index >= 15 is 0 Å². The van der Waals surface area contributed by atoms with Crippen LogP contribution in [-0.2, 0) is 21.2 Å². The van der Waals surface area contributed by atoms with Crippen molar-refractivity contribution in [3.05, 3.63) is 46.8 Å². The topological polar surface area (TPSA) is 83.7 Å². The van der Waals surface area contributed by atoms with E-state index < -0.39 is 10.0 Å². The molecule has 0 bridgehead atoms. The van der Waals surface area contributed by atoms with Crippen LogP contribution in [0.15, 0.2) is 33.7 Å². The fourth-order valence-corrected chi connectivity index (χ4v) is 5.22. The summed E-state index contributed by atoms with van der Waals surface area (Å²) in [4.78, 5) is 14.4. The Bertz CT molecular complexity index is 907. The summed E-state index contributed by atoms with van der Waals surface area (Å²) < 4.78 is 32.1. The summed E-state index contributed by atoms with van der Waals surface area (Å²) in [6.07, 6.45) is 2.14. The molecule has 0 unspecified atom stereocenters. The number of carbonyl (C=O) groups is 1. The Hall–Kier alpha value is -2.19. The Labute approximate surface area is 166 Å². The van der Waals surface area contributed by atoms with E-state index in [4.69, 9.17) is 4.52 Å². The van der Waals surface area contributed by atoms with Crippen molar-refractivity contribution >= 4 is 15.9 Å². The van der Waals surface area contributed by atoms with Gasteiger partial charge in [0.25, 0.3) is 0 Å². The zero-order chi connectivity index (χ0) is 20.3. The molecule has 1 amide bonds. The second kappa shape index (κ2) is 8.45. The van der Waals surface area contributed by atoms with Crippen LogP contribution in [0.3, 0.4) is 0 Å². The minimum absolute atomic E-state index is 0.0847. The zero-order valence-electron chi connectivity index (χ0n) is 16.6. The van der Waals surface area contributed by atoms with E-state index in [0.717, 1.165) is 12.8 Å². The number of benzene rings is 1. The molecule has 1 aliphatic heterocycles. The Morgan fingerprint density at radius 2 is 1.71 bits per heavy atom. The summed E-state index contributed by atoms with van der Waals surface area (Å²) >= 11 is 0. The Morgan fingerprint density at radius 3 is 2.29 bits per heavy atom. The molecule has 28 heavy (non-hydrogen) atoms. The molecule has 7 nitrogen and oxygen atoms in total. The van der Waals surface area contributed by atoms with Gasteiger partial charge in [-0.25, -0.2) is 8.42 Å². The van der Waals surface area contributed by atoms with Crippen molar-refractivity contribution in [2.24, 2.45) is 0 Å². The van der Waals surface area contributed by atoms with Crippen molar-refractivity contribution in [2.75, 3.05) is 26.2 Å². The van der Waals surface area contributed by atoms with E-state index in [0.29, 0.717) is 31.0 Å². The van der Waals surface area contributed by atoms with Crippen LogP contribution in [0, 0.1) is 20.8 Å². The van der Waals surface area contributed by atoms with Crippen molar-refractivity contribution in [1.82, 2.24) is 14.4 Å². The summed E-state index contributed by atoms with van der Waals surface area (Å²) in [7, 11) is -3.65. The van der Waals surface area contributed by atoms with E-state index in [2.05, 4.69) is 36.3 Å². The number of sulfonamides is 1. The summed E-state index contributed by atoms with van der Waals surface area (Å²) in [6.45, 7) is 6.67. The molecule has 0 saturated carbocycles. The highest BCUT2D eigenvalue weighted by Crippen LogP contribution is 2.24. The molecule has 1 aromatic carbocycles. The summed E-state index contributed by atoms with van der Waals surface area (Å²) in [5.41, 5.74) is 2.82. The van der Waals surface area contributed by atoms with Crippen LogP contribution >= 0.6 is 0 Å². The van der Waals surface area contributed by atoms with Gasteiger partial charge in [0, 0.05) is 32.6 Å². The van der Waals surface area contributed by atoms with Gasteiger partial charge in [-0.1, -0.05) is 35.0 Å². The highest BCUT2D eigenvalue weighted by Gasteiger charge is 2.34. The fraction of sp³-hybridized carbons (Fsp3) is 0.500. The molecule has 152 valence electrons. The van der Waals surface area contributed by atoms with Crippen LogP contribution in [0.1, 0.15) is 35.4 Å². The van der Waals surface area contributed by atoms with Gasteiger partial charge < -0.3 is 9.42 Å². The van der Waals surface area contributed by atoms with Crippen LogP contribution < -0.4 is 0 Å². The van der Waals surface area contributed by atoms with E-state index in [-0.39, 0.29) is 23.9 Å². The number of carbonyl (C=O) groups excluding carboxylic acids is 1. The highest BCUT2D eigenvalue weighted by molar-refractivity contribution is 7.89. The maximum atomic E-state index is 12.8. The van der Waals surface area contributed by atoms with E-state index in [9.17, 15) is 13.2 Å². The summed E-state index contributed by atoms with van der Waals surface area (Å²) in [6, 6.07) is 8.35. The second-order valence-corrected chi connectivity index (χ2v) is 9.15. The van der Waals surface area contributed by atoms with Crippen LogP contribution in [0.2, 0.25) is 0 Å². The summed E-state index contributed by atoms with van der Waals surface area (Å²) in [5.74, 6) is 0.383. The molecule has 0 spiro atoms. The largest absolute Gasteiger partial charge is 0.360 e. The maximum Gasteiger partial charge on any atom is 0.248 e.